The quantitative estimate of drug-likeness (QED) is 0.0496. The molecule has 0 saturated carbocycles. The fraction of sp³-hybridized carbons (Fsp3) is 0.348. The second-order valence-corrected chi connectivity index (χ2v) is 9.91. The molecule has 0 aliphatic carbocycles. The van der Waals surface area contributed by atoms with Gasteiger partial charge in [0.15, 0.2) is 17.5 Å². The molecule has 2 aromatic rings. The van der Waals surface area contributed by atoms with E-state index in [9.17, 15) is 39.6 Å². The molecule has 0 aromatic heterocycles. The van der Waals surface area contributed by atoms with Gasteiger partial charge in [-0.25, -0.2) is 4.89 Å². The van der Waals surface area contributed by atoms with Gasteiger partial charge in [-0.1, -0.05) is 10.3 Å². The molecule has 0 spiro atoms. The van der Waals surface area contributed by atoms with Crippen LogP contribution in [0.5, 0.6) is 11.5 Å². The average Bonchev–Trinajstić information content (AvgIpc) is 2.89. The maximum atomic E-state index is 13.3. The largest absolute Gasteiger partial charge is 0.490 e. The number of hydrogen-bond acceptors (Lipinski definition) is 13. The summed E-state index contributed by atoms with van der Waals surface area (Å²) < 4.78 is 130. The molecule has 2 rings (SSSR count). The van der Waals surface area contributed by atoms with Crippen LogP contribution in [0.2, 0.25) is 0 Å². The van der Waals surface area contributed by atoms with Gasteiger partial charge in [-0.3, -0.25) is 13.4 Å². The molecule has 1 atom stereocenters. The zero-order valence-corrected chi connectivity index (χ0v) is 23.8. The second-order valence-electron chi connectivity index (χ2n) is 7.93. The van der Waals surface area contributed by atoms with Gasteiger partial charge < -0.3 is 14.2 Å². The number of benzene rings is 2. The number of ether oxygens (including phenoxy) is 3. The van der Waals surface area contributed by atoms with E-state index in [1.54, 1.807) is 0 Å². The summed E-state index contributed by atoms with van der Waals surface area (Å²) in [6, 6.07) is 8.59. The Kier molecular flexibility index (Phi) is 12.9. The summed E-state index contributed by atoms with van der Waals surface area (Å²) in [4.78, 5) is 15.7. The van der Waals surface area contributed by atoms with Gasteiger partial charge in [0.2, 0.25) is 0 Å². The van der Waals surface area contributed by atoms with Crippen LogP contribution in [0, 0.1) is 0 Å². The predicted octanol–water partition coefficient (Wildman–Crippen LogP) is 4.74. The first-order chi connectivity index (χ1) is 20.0. The summed E-state index contributed by atoms with van der Waals surface area (Å²) in [6.45, 7) is 0.445. The van der Waals surface area contributed by atoms with Crippen LogP contribution >= 0.6 is 12.3 Å². The highest BCUT2D eigenvalue weighted by atomic mass is 32.2. The standard InChI is InChI=1S/C23H22F6N2O10S2/c1-14(32)38-19(12-36-17-8-4-15(5-9-17)20(22(24,25)26)30-39-42-41-35-2)13-37-18-10-6-16(7-11-18)21(23(27,28)29)31-40-43(3,33)34/h4-11,19H,12-13H2,1-3H3. The van der Waals surface area contributed by atoms with Crippen LogP contribution in [-0.4, -0.2) is 70.8 Å². The zero-order valence-electron chi connectivity index (χ0n) is 22.2. The smallest absolute Gasteiger partial charge is 0.437 e. The SMILES string of the molecule is COOSON=C(c1ccc(OCC(COc2ccc(C(=NOS(C)(=O)=O)C(F)(F)F)cc2)OC(C)=O)cc1)C(F)(F)F. The lowest BCUT2D eigenvalue weighted by molar-refractivity contribution is -0.166. The van der Waals surface area contributed by atoms with E-state index in [2.05, 4.69) is 28.1 Å². The van der Waals surface area contributed by atoms with Crippen molar-refractivity contribution >= 4 is 39.8 Å². The second kappa shape index (κ2) is 15.6. The summed E-state index contributed by atoms with van der Waals surface area (Å²) in [7, 11) is -3.19. The Bertz CT molecular complexity index is 1370. The normalized spacial score (nSPS) is 13.7. The third-order valence-corrected chi connectivity index (χ3v) is 5.19. The van der Waals surface area contributed by atoms with E-state index >= 15 is 0 Å². The van der Waals surface area contributed by atoms with E-state index < -0.39 is 51.5 Å². The zero-order chi connectivity index (χ0) is 32.3. The first kappa shape index (κ1) is 35.4. The Morgan fingerprint density at radius 3 is 1.65 bits per heavy atom. The molecule has 0 fully saturated rings. The highest BCUT2D eigenvalue weighted by Gasteiger charge is 2.39. The summed E-state index contributed by atoms with van der Waals surface area (Å²) in [5.41, 5.74) is -3.89. The van der Waals surface area contributed by atoms with Crippen molar-refractivity contribution in [2.24, 2.45) is 10.3 Å². The molecular formula is C23H22F6N2O10S2. The molecule has 0 N–H and O–H groups in total. The van der Waals surface area contributed by atoms with Crippen LogP contribution in [0.4, 0.5) is 26.3 Å². The minimum absolute atomic E-state index is 0.0334. The monoisotopic (exact) mass is 664 g/mol. The van der Waals surface area contributed by atoms with E-state index in [4.69, 9.17) is 14.2 Å². The van der Waals surface area contributed by atoms with E-state index in [1.165, 1.54) is 12.1 Å². The van der Waals surface area contributed by atoms with E-state index in [-0.39, 0.29) is 42.6 Å². The summed E-state index contributed by atoms with van der Waals surface area (Å²) in [5, 5.41) is 5.66. The summed E-state index contributed by atoms with van der Waals surface area (Å²) >= 11 is 0.0569. The van der Waals surface area contributed by atoms with Crippen LogP contribution < -0.4 is 9.47 Å². The van der Waals surface area contributed by atoms with Crippen molar-refractivity contribution in [2.75, 3.05) is 26.6 Å². The van der Waals surface area contributed by atoms with Gasteiger partial charge in [0.1, 0.15) is 24.7 Å². The maximum absolute atomic E-state index is 13.3. The number of rotatable bonds is 15. The number of oxime groups is 2. The van der Waals surface area contributed by atoms with Crippen molar-refractivity contribution in [3.05, 3.63) is 59.7 Å². The molecule has 0 saturated heterocycles. The molecule has 1 unspecified atom stereocenters. The Hall–Kier alpha value is -3.75. The Morgan fingerprint density at radius 2 is 1.28 bits per heavy atom. The number of esters is 1. The molecule has 20 heteroatoms. The fourth-order valence-electron chi connectivity index (χ4n) is 2.88. The Morgan fingerprint density at radius 1 is 0.837 bits per heavy atom. The third-order valence-electron chi connectivity index (χ3n) is 4.52. The van der Waals surface area contributed by atoms with Crippen molar-refractivity contribution in [2.45, 2.75) is 25.4 Å². The lowest BCUT2D eigenvalue weighted by Gasteiger charge is -2.19. The molecule has 2 aromatic carbocycles. The van der Waals surface area contributed by atoms with Gasteiger partial charge in [0.25, 0.3) is 12.3 Å². The molecule has 0 aliphatic rings. The minimum Gasteiger partial charge on any atom is -0.490 e. The van der Waals surface area contributed by atoms with Crippen LogP contribution in [0.1, 0.15) is 18.1 Å². The number of carbonyl (C=O) groups is 1. The maximum Gasteiger partial charge on any atom is 0.437 e. The van der Waals surface area contributed by atoms with Crippen molar-refractivity contribution in [1.82, 2.24) is 0 Å². The molecular weight excluding hydrogens is 642 g/mol. The van der Waals surface area contributed by atoms with Crippen LogP contribution in [0.15, 0.2) is 58.8 Å². The lowest BCUT2D eigenvalue weighted by atomic mass is 10.1. The molecule has 12 nitrogen and oxygen atoms in total. The van der Waals surface area contributed by atoms with Gasteiger partial charge in [-0.2, -0.15) is 34.8 Å². The summed E-state index contributed by atoms with van der Waals surface area (Å²) in [6.07, 6.45) is -10.4. The van der Waals surface area contributed by atoms with Crippen molar-refractivity contribution in [3.63, 3.8) is 0 Å². The summed E-state index contributed by atoms with van der Waals surface area (Å²) in [5.74, 6) is -0.604. The number of halogens is 6. The highest BCUT2D eigenvalue weighted by Crippen LogP contribution is 2.26. The van der Waals surface area contributed by atoms with Crippen LogP contribution in [-0.2, 0) is 37.4 Å². The van der Waals surface area contributed by atoms with Crippen molar-refractivity contribution in [3.8, 4) is 11.5 Å². The van der Waals surface area contributed by atoms with Gasteiger partial charge in [-0.05, 0) is 48.5 Å². The van der Waals surface area contributed by atoms with Crippen molar-refractivity contribution < 1.29 is 71.6 Å². The van der Waals surface area contributed by atoms with Crippen molar-refractivity contribution in [1.29, 1.82) is 0 Å². The molecule has 43 heavy (non-hydrogen) atoms. The fourth-order valence-corrected chi connectivity index (χ4v) is 3.28. The van der Waals surface area contributed by atoms with Gasteiger partial charge in [0, 0.05) is 18.1 Å². The highest BCUT2D eigenvalue weighted by molar-refractivity contribution is 7.89. The number of carbonyl (C=O) groups excluding carboxylic acids is 1. The molecule has 0 amide bonds. The third kappa shape index (κ3) is 13.0. The lowest BCUT2D eigenvalue weighted by Crippen LogP contribution is -2.30. The predicted molar refractivity (Wildman–Crippen MR) is 137 cm³/mol. The van der Waals surface area contributed by atoms with E-state index in [1.807, 2.05) is 0 Å². The molecule has 0 bridgehead atoms. The van der Waals surface area contributed by atoms with E-state index in [0.717, 1.165) is 50.4 Å². The Balaban J connectivity index is 2.07. The molecule has 0 aliphatic heterocycles. The van der Waals surface area contributed by atoms with Gasteiger partial charge >= 0.3 is 28.4 Å². The minimum atomic E-state index is -5.05. The number of nitrogens with zero attached hydrogens (tertiary/aromatic N) is 2. The number of hydrogen-bond donors (Lipinski definition) is 0. The molecule has 238 valence electrons. The van der Waals surface area contributed by atoms with Gasteiger partial charge in [0.05, 0.1) is 13.4 Å². The molecule has 0 heterocycles. The topological polar surface area (TPSA) is 141 Å². The van der Waals surface area contributed by atoms with Crippen LogP contribution in [0.3, 0.4) is 0 Å². The van der Waals surface area contributed by atoms with Crippen LogP contribution in [0.25, 0.3) is 0 Å². The number of alkyl halides is 6. The first-order valence-electron chi connectivity index (χ1n) is 11.4. The molecule has 0 radical (unpaired) electrons. The Labute approximate surface area is 244 Å². The van der Waals surface area contributed by atoms with E-state index in [0.29, 0.717) is 6.26 Å². The average molecular weight is 665 g/mol. The van der Waals surface area contributed by atoms with Gasteiger partial charge in [-0.15, -0.1) is 4.33 Å². The first-order valence-corrected chi connectivity index (χ1v) is 13.8.